The topological polar surface area (TPSA) is 90.2 Å². The van der Waals surface area contributed by atoms with Gasteiger partial charge in [0.05, 0.1) is 6.04 Å². The minimum absolute atomic E-state index is 0.0337. The molecule has 8 nitrogen and oxygen atoms in total. The van der Waals surface area contributed by atoms with Crippen molar-refractivity contribution in [3.8, 4) is 0 Å². The van der Waals surface area contributed by atoms with Crippen molar-refractivity contribution in [2.75, 3.05) is 51.2 Å². The summed E-state index contributed by atoms with van der Waals surface area (Å²) in [6, 6.07) is 7.46. The normalized spacial score (nSPS) is 23.1. The van der Waals surface area contributed by atoms with Crippen LogP contribution in [0.1, 0.15) is 39.3 Å². The van der Waals surface area contributed by atoms with Gasteiger partial charge in [-0.2, -0.15) is 0 Å². The lowest BCUT2D eigenvalue weighted by Crippen LogP contribution is -2.60. The first-order chi connectivity index (χ1) is 14.5. The number of benzene rings is 1. The fourth-order valence-electron chi connectivity index (χ4n) is 4.33. The Hall–Kier alpha value is -2.61. The minimum Gasteiger partial charge on any atom is -0.369 e. The van der Waals surface area contributed by atoms with E-state index in [1.54, 1.807) is 0 Å². The fourth-order valence-corrected chi connectivity index (χ4v) is 4.33. The number of nitrogens with zero attached hydrogens (tertiary/aromatic N) is 4. The number of amides is 3. The van der Waals surface area contributed by atoms with Crippen LogP contribution >= 0.6 is 0 Å². The van der Waals surface area contributed by atoms with Crippen LogP contribution in [0.25, 0.3) is 0 Å². The smallest absolute Gasteiger partial charge is 0.312 e. The second-order valence-electron chi connectivity index (χ2n) is 9.78. The first-order valence-corrected chi connectivity index (χ1v) is 10.9. The molecule has 1 aromatic carbocycles. The molecule has 0 aliphatic carbocycles. The molecule has 0 unspecified atom stereocenters. The van der Waals surface area contributed by atoms with Crippen molar-refractivity contribution in [3.05, 3.63) is 29.8 Å². The SMILES string of the molecule is C[C@@H]1CN(C(=O)C(N)=O)[C@@H](c2cccc(N3CCN(C)CC3)c2)CN1C(=O)C(C)(C)C. The van der Waals surface area contributed by atoms with E-state index in [9.17, 15) is 14.4 Å². The number of hydrogen-bond donors (Lipinski definition) is 1. The molecule has 2 heterocycles. The van der Waals surface area contributed by atoms with Crippen molar-refractivity contribution >= 4 is 23.4 Å². The van der Waals surface area contributed by atoms with Gasteiger partial charge in [-0.3, -0.25) is 14.4 Å². The predicted octanol–water partition coefficient (Wildman–Crippen LogP) is 1.07. The molecule has 3 amide bonds. The summed E-state index contributed by atoms with van der Waals surface area (Å²) in [4.78, 5) is 45.5. The molecule has 0 radical (unpaired) electrons. The van der Waals surface area contributed by atoms with Gasteiger partial charge >= 0.3 is 11.8 Å². The van der Waals surface area contributed by atoms with E-state index in [-0.39, 0.29) is 18.5 Å². The number of nitrogens with two attached hydrogens (primary N) is 1. The third-order valence-electron chi connectivity index (χ3n) is 6.24. The average molecular weight is 430 g/mol. The van der Waals surface area contributed by atoms with Crippen LogP contribution in [-0.2, 0) is 14.4 Å². The van der Waals surface area contributed by atoms with Gasteiger partial charge < -0.3 is 25.3 Å². The average Bonchev–Trinajstić information content (AvgIpc) is 2.72. The summed E-state index contributed by atoms with van der Waals surface area (Å²) in [7, 11) is 2.12. The van der Waals surface area contributed by atoms with Gasteiger partial charge in [-0.25, -0.2) is 0 Å². The first-order valence-electron chi connectivity index (χ1n) is 10.9. The molecular weight excluding hydrogens is 394 g/mol. The zero-order valence-corrected chi connectivity index (χ0v) is 19.3. The Balaban J connectivity index is 1.93. The van der Waals surface area contributed by atoms with Gasteiger partial charge in [0.2, 0.25) is 5.91 Å². The minimum atomic E-state index is -0.969. The van der Waals surface area contributed by atoms with Crippen molar-refractivity contribution in [3.63, 3.8) is 0 Å². The van der Waals surface area contributed by atoms with Crippen LogP contribution in [0.5, 0.6) is 0 Å². The number of piperazine rings is 2. The summed E-state index contributed by atoms with van der Waals surface area (Å²) < 4.78 is 0. The fraction of sp³-hybridized carbons (Fsp3) is 0.609. The van der Waals surface area contributed by atoms with E-state index < -0.39 is 23.3 Å². The first kappa shape index (κ1) is 23.1. The second-order valence-corrected chi connectivity index (χ2v) is 9.78. The van der Waals surface area contributed by atoms with Crippen molar-refractivity contribution < 1.29 is 14.4 Å². The van der Waals surface area contributed by atoms with Gasteiger partial charge in [0.25, 0.3) is 0 Å². The molecule has 0 bridgehead atoms. The summed E-state index contributed by atoms with van der Waals surface area (Å²) in [5.41, 5.74) is 6.82. The number of anilines is 1. The highest BCUT2D eigenvalue weighted by Crippen LogP contribution is 2.33. The molecular formula is C23H35N5O3. The molecule has 0 spiro atoms. The van der Waals surface area contributed by atoms with Gasteiger partial charge in [0.15, 0.2) is 0 Å². The molecule has 2 atom stereocenters. The summed E-state index contributed by atoms with van der Waals surface area (Å²) in [6.45, 7) is 12.0. The van der Waals surface area contributed by atoms with Crippen LogP contribution in [0, 0.1) is 5.41 Å². The summed E-state index contributed by atoms with van der Waals surface area (Å²) in [5.74, 6) is -1.64. The molecule has 3 rings (SSSR count). The maximum atomic E-state index is 13.1. The summed E-state index contributed by atoms with van der Waals surface area (Å²) in [5, 5.41) is 0. The highest BCUT2D eigenvalue weighted by Gasteiger charge is 2.41. The second kappa shape index (κ2) is 8.86. The van der Waals surface area contributed by atoms with Crippen LogP contribution in [0.3, 0.4) is 0 Å². The number of carbonyl (C=O) groups excluding carboxylic acids is 3. The molecule has 8 heteroatoms. The standard InChI is InChI=1S/C23H35N5O3/c1-16-14-28(21(30)20(24)29)19(15-27(16)22(31)23(2,3)4)17-7-6-8-18(13-17)26-11-9-25(5)10-12-26/h6-8,13,16,19H,9-12,14-15H2,1-5H3,(H2,24,29)/t16-,19-/m1/s1. The van der Waals surface area contributed by atoms with Gasteiger partial charge in [0.1, 0.15) is 0 Å². The molecule has 2 aliphatic rings. The van der Waals surface area contributed by atoms with Crippen LogP contribution in [0.2, 0.25) is 0 Å². The number of hydrogen-bond acceptors (Lipinski definition) is 5. The van der Waals surface area contributed by atoms with Crippen LogP contribution in [0.4, 0.5) is 5.69 Å². The number of likely N-dealkylation sites (N-methyl/N-ethyl adjacent to an activating group) is 1. The quantitative estimate of drug-likeness (QED) is 0.711. The molecule has 2 fully saturated rings. The highest BCUT2D eigenvalue weighted by molar-refractivity contribution is 6.34. The number of primary amides is 1. The summed E-state index contributed by atoms with van der Waals surface area (Å²) >= 11 is 0. The highest BCUT2D eigenvalue weighted by atomic mass is 16.2. The molecule has 2 aliphatic heterocycles. The predicted molar refractivity (Wildman–Crippen MR) is 120 cm³/mol. The Kier molecular flexibility index (Phi) is 6.59. The van der Waals surface area contributed by atoms with Crippen molar-refractivity contribution in [2.45, 2.75) is 39.8 Å². The lowest BCUT2D eigenvalue weighted by Gasteiger charge is -2.47. The molecule has 2 saturated heterocycles. The Morgan fingerprint density at radius 1 is 1.00 bits per heavy atom. The van der Waals surface area contributed by atoms with E-state index in [4.69, 9.17) is 5.73 Å². The van der Waals surface area contributed by atoms with E-state index in [0.717, 1.165) is 37.4 Å². The third-order valence-corrected chi connectivity index (χ3v) is 6.24. The van der Waals surface area contributed by atoms with Crippen molar-refractivity contribution in [1.29, 1.82) is 0 Å². The Labute approximate surface area is 184 Å². The Morgan fingerprint density at radius 3 is 2.23 bits per heavy atom. The van der Waals surface area contributed by atoms with Gasteiger partial charge in [0, 0.05) is 56.4 Å². The zero-order valence-electron chi connectivity index (χ0n) is 19.3. The van der Waals surface area contributed by atoms with E-state index >= 15 is 0 Å². The van der Waals surface area contributed by atoms with E-state index in [0.29, 0.717) is 6.54 Å². The van der Waals surface area contributed by atoms with Crippen molar-refractivity contribution in [2.24, 2.45) is 11.1 Å². The van der Waals surface area contributed by atoms with Crippen LogP contribution in [0.15, 0.2) is 24.3 Å². The number of carbonyl (C=O) groups is 3. The van der Waals surface area contributed by atoms with Crippen LogP contribution < -0.4 is 10.6 Å². The molecule has 170 valence electrons. The lowest BCUT2D eigenvalue weighted by atomic mass is 9.91. The van der Waals surface area contributed by atoms with Gasteiger partial charge in [-0.15, -0.1) is 0 Å². The maximum absolute atomic E-state index is 13.1. The largest absolute Gasteiger partial charge is 0.369 e. The molecule has 31 heavy (non-hydrogen) atoms. The van der Waals surface area contributed by atoms with Gasteiger partial charge in [-0.05, 0) is 31.7 Å². The molecule has 0 saturated carbocycles. The van der Waals surface area contributed by atoms with Crippen LogP contribution in [-0.4, -0.2) is 84.8 Å². The molecule has 1 aromatic rings. The van der Waals surface area contributed by atoms with E-state index in [1.165, 1.54) is 4.90 Å². The molecule has 0 aromatic heterocycles. The monoisotopic (exact) mass is 429 g/mol. The summed E-state index contributed by atoms with van der Waals surface area (Å²) in [6.07, 6.45) is 0. The maximum Gasteiger partial charge on any atom is 0.312 e. The zero-order chi connectivity index (χ0) is 22.9. The van der Waals surface area contributed by atoms with E-state index in [2.05, 4.69) is 29.0 Å². The lowest BCUT2D eigenvalue weighted by molar-refractivity contribution is -0.155. The third kappa shape index (κ3) is 5.01. The Morgan fingerprint density at radius 2 is 1.65 bits per heavy atom. The molecule has 2 N–H and O–H groups in total. The number of rotatable bonds is 2. The Bertz CT molecular complexity index is 842. The van der Waals surface area contributed by atoms with Crippen molar-refractivity contribution in [1.82, 2.24) is 14.7 Å². The van der Waals surface area contributed by atoms with E-state index in [1.807, 2.05) is 44.7 Å². The van der Waals surface area contributed by atoms with Gasteiger partial charge in [-0.1, -0.05) is 32.9 Å².